The van der Waals surface area contributed by atoms with Gasteiger partial charge in [-0.1, -0.05) is 12.1 Å². The van der Waals surface area contributed by atoms with Crippen LogP contribution in [0.15, 0.2) is 29.3 Å². The number of anilines is 1. The lowest BCUT2D eigenvalue weighted by atomic mass is 9.97. The summed E-state index contributed by atoms with van der Waals surface area (Å²) in [4.78, 5) is 29.8. The minimum absolute atomic E-state index is 0.0241. The van der Waals surface area contributed by atoms with Crippen LogP contribution in [0.1, 0.15) is 25.3 Å². The van der Waals surface area contributed by atoms with Crippen LogP contribution in [0.5, 0.6) is 0 Å². The Balaban J connectivity index is 1.95. The quantitative estimate of drug-likeness (QED) is 0.465. The molecule has 0 aromatic heterocycles. The third-order valence-corrected chi connectivity index (χ3v) is 4.46. The number of nitrogens with zero attached hydrogens (tertiary/aromatic N) is 2. The van der Waals surface area contributed by atoms with Gasteiger partial charge in [0.1, 0.15) is 0 Å². The fourth-order valence-corrected chi connectivity index (χ4v) is 2.95. The Morgan fingerprint density at radius 1 is 1.15 bits per heavy atom. The van der Waals surface area contributed by atoms with E-state index in [9.17, 15) is 9.59 Å². The van der Waals surface area contributed by atoms with Gasteiger partial charge in [-0.15, -0.1) is 0 Å². The number of likely N-dealkylation sites (tertiary alicyclic amines) is 1. The second kappa shape index (κ2) is 10.4. The molecule has 0 saturated carbocycles. The number of carbonyl (C=O) groups excluding carboxylic acids is 2. The van der Waals surface area contributed by atoms with Crippen molar-refractivity contribution in [2.75, 3.05) is 39.2 Å². The minimum Gasteiger partial charge on any atom is -0.469 e. The highest BCUT2D eigenvalue weighted by molar-refractivity contribution is 5.84. The molecule has 2 N–H and O–H groups in total. The third-order valence-electron chi connectivity index (χ3n) is 4.46. The van der Waals surface area contributed by atoms with Crippen LogP contribution in [0, 0.1) is 5.92 Å². The Labute approximate surface area is 159 Å². The van der Waals surface area contributed by atoms with E-state index in [1.807, 2.05) is 31.2 Å². The van der Waals surface area contributed by atoms with Crippen molar-refractivity contribution in [1.82, 2.24) is 10.2 Å². The van der Waals surface area contributed by atoms with Crippen LogP contribution in [-0.2, 0) is 20.8 Å². The van der Waals surface area contributed by atoms with Gasteiger partial charge < -0.3 is 19.7 Å². The lowest BCUT2D eigenvalue weighted by Crippen LogP contribution is -2.46. The molecule has 1 aliphatic rings. The van der Waals surface area contributed by atoms with Crippen LogP contribution in [-0.4, -0.2) is 56.8 Å². The number of rotatable bonds is 5. The summed E-state index contributed by atoms with van der Waals surface area (Å²) in [5.41, 5.74) is 1.71. The molecule has 1 heterocycles. The van der Waals surface area contributed by atoms with Gasteiger partial charge in [0.05, 0.1) is 26.7 Å². The maximum atomic E-state index is 11.7. The van der Waals surface area contributed by atoms with Gasteiger partial charge in [0, 0.05) is 25.3 Å². The number of aliphatic imine (C=N–C) groups is 1. The summed E-state index contributed by atoms with van der Waals surface area (Å²) >= 11 is 0. The molecule has 1 aliphatic heterocycles. The van der Waals surface area contributed by atoms with Crippen LogP contribution in [0.2, 0.25) is 0 Å². The van der Waals surface area contributed by atoms with Crippen molar-refractivity contribution in [3.63, 3.8) is 0 Å². The standard InChI is InChI=1S/C19H28N4O4/c1-4-20-18(23-11-9-15(10-12-23)17(24)26-2)21-13-14-5-7-16(8-6-14)22-19(25)27-3/h5-8,15H,4,9-13H2,1-3H3,(H,20,21)(H,22,25). The lowest BCUT2D eigenvalue weighted by Gasteiger charge is -2.33. The van der Waals surface area contributed by atoms with Gasteiger partial charge >= 0.3 is 12.1 Å². The molecule has 0 radical (unpaired) electrons. The van der Waals surface area contributed by atoms with E-state index in [1.54, 1.807) is 0 Å². The van der Waals surface area contributed by atoms with Crippen molar-refractivity contribution in [1.29, 1.82) is 0 Å². The monoisotopic (exact) mass is 376 g/mol. The molecule has 0 spiro atoms. The van der Waals surface area contributed by atoms with Gasteiger partial charge in [0.2, 0.25) is 0 Å². The van der Waals surface area contributed by atoms with Crippen molar-refractivity contribution in [3.8, 4) is 0 Å². The number of hydrogen-bond acceptors (Lipinski definition) is 5. The van der Waals surface area contributed by atoms with Crippen LogP contribution < -0.4 is 10.6 Å². The second-order valence-corrected chi connectivity index (χ2v) is 6.27. The van der Waals surface area contributed by atoms with E-state index >= 15 is 0 Å². The van der Waals surface area contributed by atoms with E-state index < -0.39 is 6.09 Å². The summed E-state index contributed by atoms with van der Waals surface area (Å²) in [5.74, 6) is 0.693. The van der Waals surface area contributed by atoms with Crippen molar-refractivity contribution >= 4 is 23.7 Å². The molecule has 1 amide bonds. The number of benzene rings is 1. The molecular weight excluding hydrogens is 348 g/mol. The third kappa shape index (κ3) is 6.16. The molecule has 1 fully saturated rings. The first kappa shape index (κ1) is 20.5. The summed E-state index contributed by atoms with van der Waals surface area (Å²) in [6.45, 7) is 4.88. The molecule has 8 nitrogen and oxygen atoms in total. The van der Waals surface area contributed by atoms with E-state index in [2.05, 4.69) is 20.3 Å². The average Bonchev–Trinajstić information content (AvgIpc) is 2.71. The maximum absolute atomic E-state index is 11.7. The summed E-state index contributed by atoms with van der Waals surface area (Å²) in [6, 6.07) is 7.47. The second-order valence-electron chi connectivity index (χ2n) is 6.27. The normalized spacial score (nSPS) is 15.2. The van der Waals surface area contributed by atoms with Crippen molar-refractivity contribution in [2.45, 2.75) is 26.3 Å². The maximum Gasteiger partial charge on any atom is 0.411 e. The van der Waals surface area contributed by atoms with Crippen LogP contribution >= 0.6 is 0 Å². The molecule has 1 aromatic rings. The molecule has 1 saturated heterocycles. The lowest BCUT2D eigenvalue weighted by molar-refractivity contribution is -0.146. The zero-order chi connectivity index (χ0) is 19.6. The number of carbonyl (C=O) groups is 2. The van der Waals surface area contributed by atoms with E-state index in [1.165, 1.54) is 14.2 Å². The zero-order valence-corrected chi connectivity index (χ0v) is 16.2. The summed E-state index contributed by atoms with van der Waals surface area (Å²) in [5, 5.41) is 5.93. The topological polar surface area (TPSA) is 92.3 Å². The molecule has 0 atom stereocenters. The predicted octanol–water partition coefficient (Wildman–Crippen LogP) is 2.22. The van der Waals surface area contributed by atoms with Crippen molar-refractivity contribution in [3.05, 3.63) is 29.8 Å². The predicted molar refractivity (Wildman–Crippen MR) is 104 cm³/mol. The largest absolute Gasteiger partial charge is 0.469 e. The SMILES string of the molecule is CCNC(=NCc1ccc(NC(=O)OC)cc1)N1CCC(C(=O)OC)CC1. The number of hydrogen-bond donors (Lipinski definition) is 2. The van der Waals surface area contributed by atoms with Gasteiger partial charge in [0.15, 0.2) is 5.96 Å². The highest BCUT2D eigenvalue weighted by Crippen LogP contribution is 2.19. The summed E-state index contributed by atoms with van der Waals surface area (Å²) in [7, 11) is 2.76. The first-order chi connectivity index (χ1) is 13.1. The highest BCUT2D eigenvalue weighted by atomic mass is 16.5. The number of esters is 1. The van der Waals surface area contributed by atoms with Gasteiger partial charge in [-0.05, 0) is 37.5 Å². The number of ether oxygens (including phenoxy) is 2. The zero-order valence-electron chi connectivity index (χ0n) is 16.2. The fourth-order valence-electron chi connectivity index (χ4n) is 2.95. The Bertz CT molecular complexity index is 652. The Morgan fingerprint density at radius 2 is 1.81 bits per heavy atom. The summed E-state index contributed by atoms with van der Waals surface area (Å²) in [6.07, 6.45) is 1.04. The molecular formula is C19H28N4O4. The van der Waals surface area contributed by atoms with E-state index in [0.717, 1.165) is 44.0 Å². The van der Waals surface area contributed by atoms with Crippen LogP contribution in [0.3, 0.4) is 0 Å². The first-order valence-electron chi connectivity index (χ1n) is 9.12. The minimum atomic E-state index is -0.495. The first-order valence-corrected chi connectivity index (χ1v) is 9.12. The summed E-state index contributed by atoms with van der Waals surface area (Å²) < 4.78 is 9.41. The van der Waals surface area contributed by atoms with Crippen LogP contribution in [0.25, 0.3) is 0 Å². The van der Waals surface area contributed by atoms with E-state index in [0.29, 0.717) is 12.2 Å². The number of methoxy groups -OCH3 is 2. The number of piperidine rings is 1. The molecule has 1 aromatic carbocycles. The molecule has 27 heavy (non-hydrogen) atoms. The van der Waals surface area contributed by atoms with Crippen LogP contribution in [0.4, 0.5) is 10.5 Å². The average molecular weight is 376 g/mol. The van der Waals surface area contributed by atoms with Crippen molar-refractivity contribution in [2.24, 2.45) is 10.9 Å². The molecule has 148 valence electrons. The molecule has 2 rings (SSSR count). The Morgan fingerprint density at radius 3 is 2.37 bits per heavy atom. The van der Waals surface area contributed by atoms with E-state index in [-0.39, 0.29) is 11.9 Å². The smallest absolute Gasteiger partial charge is 0.411 e. The van der Waals surface area contributed by atoms with Gasteiger partial charge in [-0.2, -0.15) is 0 Å². The van der Waals surface area contributed by atoms with Crippen molar-refractivity contribution < 1.29 is 19.1 Å². The van der Waals surface area contributed by atoms with Gasteiger partial charge in [-0.25, -0.2) is 9.79 Å². The molecule has 0 aliphatic carbocycles. The number of nitrogens with one attached hydrogen (secondary N) is 2. The highest BCUT2D eigenvalue weighted by Gasteiger charge is 2.26. The molecule has 0 bridgehead atoms. The molecule has 0 unspecified atom stereocenters. The number of amides is 1. The van der Waals surface area contributed by atoms with Gasteiger partial charge in [-0.3, -0.25) is 10.1 Å². The fraction of sp³-hybridized carbons (Fsp3) is 0.526. The van der Waals surface area contributed by atoms with E-state index in [4.69, 9.17) is 9.73 Å². The molecule has 8 heteroatoms. The van der Waals surface area contributed by atoms with Gasteiger partial charge in [0.25, 0.3) is 0 Å². The Hall–Kier alpha value is -2.77. The number of guanidine groups is 1. The Kier molecular flexibility index (Phi) is 7.91.